The van der Waals surface area contributed by atoms with Crippen LogP contribution in [-0.4, -0.2) is 0 Å². The van der Waals surface area contributed by atoms with Gasteiger partial charge < -0.3 is 0 Å². The predicted octanol–water partition coefficient (Wildman–Crippen LogP) is 6.70. The molecule has 2 aliphatic rings. The average Bonchev–Trinajstić information content (AvgIpc) is 2.53. The standard InChI is InChI=1S/C10H18.2C3H4.2C2H6/c1-2-6-10-8-4-3-7-9(10)5-1;2*1-3-2;2*1-2/h9-10H,1-8H2;2*1H,2H3;2*1-2H3. The van der Waals surface area contributed by atoms with Gasteiger partial charge in [0.05, 0.1) is 0 Å². The van der Waals surface area contributed by atoms with Crippen LogP contribution in [0.1, 0.15) is 92.9 Å². The molecule has 0 amide bonds. The van der Waals surface area contributed by atoms with Crippen LogP contribution in [0.4, 0.5) is 0 Å². The largest absolute Gasteiger partial charge is 0.120 e. The van der Waals surface area contributed by atoms with Crippen molar-refractivity contribution in [3.05, 3.63) is 0 Å². The van der Waals surface area contributed by atoms with Crippen LogP contribution < -0.4 is 0 Å². The average molecular weight is 279 g/mol. The fraction of sp³-hybridized carbons (Fsp3) is 0.800. The molecule has 0 atom stereocenters. The first-order valence-corrected chi connectivity index (χ1v) is 8.54. The van der Waals surface area contributed by atoms with Crippen LogP contribution in [0.5, 0.6) is 0 Å². The van der Waals surface area contributed by atoms with Gasteiger partial charge in [-0.1, -0.05) is 79.1 Å². The van der Waals surface area contributed by atoms with E-state index in [2.05, 4.69) is 24.7 Å². The molecular formula is C20H38. The van der Waals surface area contributed by atoms with Gasteiger partial charge in [-0.25, -0.2) is 0 Å². The highest BCUT2D eigenvalue weighted by atomic mass is 14.3. The lowest BCUT2D eigenvalue weighted by Gasteiger charge is -2.35. The Morgan fingerprint density at radius 2 is 0.750 bits per heavy atom. The molecule has 0 aliphatic heterocycles. The van der Waals surface area contributed by atoms with Crippen LogP contribution in [-0.2, 0) is 0 Å². The van der Waals surface area contributed by atoms with Crippen molar-refractivity contribution in [3.63, 3.8) is 0 Å². The SMILES string of the molecule is C#CC.C#CC.C1CCC2CCCCC2C1.CC.CC. The minimum atomic E-state index is 1.16. The normalized spacial score (nSPS) is 21.8. The molecule has 0 nitrogen and oxygen atoms in total. The van der Waals surface area contributed by atoms with E-state index in [9.17, 15) is 0 Å². The summed E-state index contributed by atoms with van der Waals surface area (Å²) in [6.45, 7) is 11.3. The van der Waals surface area contributed by atoms with Crippen LogP contribution in [0.15, 0.2) is 0 Å². The zero-order valence-corrected chi connectivity index (χ0v) is 15.0. The molecule has 0 saturated heterocycles. The Balaban J connectivity index is -0.000000246. The lowest BCUT2D eigenvalue weighted by molar-refractivity contribution is 0.171. The highest BCUT2D eigenvalue weighted by Crippen LogP contribution is 2.39. The lowest BCUT2D eigenvalue weighted by Crippen LogP contribution is -2.22. The Kier molecular flexibility index (Phi) is 28.1. The minimum Gasteiger partial charge on any atom is -0.120 e. The van der Waals surface area contributed by atoms with Crippen LogP contribution in [0.25, 0.3) is 0 Å². The van der Waals surface area contributed by atoms with Crippen LogP contribution >= 0.6 is 0 Å². The molecule has 0 aromatic heterocycles. The third kappa shape index (κ3) is 15.2. The zero-order valence-electron chi connectivity index (χ0n) is 15.0. The summed E-state index contributed by atoms with van der Waals surface area (Å²) in [6.07, 6.45) is 21.6. The van der Waals surface area contributed by atoms with Crippen molar-refractivity contribution in [2.45, 2.75) is 92.9 Å². The highest BCUT2D eigenvalue weighted by Gasteiger charge is 2.26. The molecule has 0 aromatic rings. The monoisotopic (exact) mass is 278 g/mol. The Bertz CT molecular complexity index is 187. The Hall–Kier alpha value is -0.880. The molecule has 2 fully saturated rings. The molecule has 0 bridgehead atoms. The van der Waals surface area contributed by atoms with E-state index < -0.39 is 0 Å². The summed E-state index contributed by atoms with van der Waals surface area (Å²) in [6, 6.07) is 0. The van der Waals surface area contributed by atoms with E-state index in [1.54, 1.807) is 39.5 Å². The topological polar surface area (TPSA) is 0 Å². The third-order valence-electron chi connectivity index (χ3n) is 3.47. The quantitative estimate of drug-likeness (QED) is 0.432. The summed E-state index contributed by atoms with van der Waals surface area (Å²) in [5, 5.41) is 0. The number of rotatable bonds is 0. The van der Waals surface area contributed by atoms with E-state index in [0.717, 1.165) is 11.8 Å². The molecule has 118 valence electrons. The molecule has 0 radical (unpaired) electrons. The zero-order chi connectivity index (χ0) is 16.2. The molecule has 0 aromatic carbocycles. The molecule has 0 heteroatoms. The summed E-state index contributed by atoms with van der Waals surface area (Å²) in [4.78, 5) is 0. The molecule has 0 heterocycles. The maximum Gasteiger partial charge on any atom is -0.00297 e. The molecule has 0 unspecified atom stereocenters. The molecule has 2 rings (SSSR count). The van der Waals surface area contributed by atoms with Gasteiger partial charge in [-0.3, -0.25) is 0 Å². The van der Waals surface area contributed by atoms with E-state index in [-0.39, 0.29) is 0 Å². The minimum absolute atomic E-state index is 1.16. The molecular weight excluding hydrogens is 240 g/mol. The van der Waals surface area contributed by atoms with Crippen molar-refractivity contribution in [1.29, 1.82) is 0 Å². The first kappa shape index (κ1) is 24.2. The maximum atomic E-state index is 4.60. The van der Waals surface area contributed by atoms with Crippen molar-refractivity contribution >= 4 is 0 Å². The first-order valence-electron chi connectivity index (χ1n) is 8.54. The van der Waals surface area contributed by atoms with Crippen molar-refractivity contribution in [2.24, 2.45) is 11.8 Å². The van der Waals surface area contributed by atoms with Gasteiger partial charge in [0.25, 0.3) is 0 Å². The second-order valence-corrected chi connectivity index (χ2v) is 4.67. The van der Waals surface area contributed by atoms with Crippen molar-refractivity contribution in [3.8, 4) is 24.7 Å². The fourth-order valence-electron chi connectivity index (χ4n) is 2.86. The lowest BCUT2D eigenvalue weighted by atomic mass is 9.71. The van der Waals surface area contributed by atoms with Crippen molar-refractivity contribution < 1.29 is 0 Å². The van der Waals surface area contributed by atoms with Gasteiger partial charge in [0, 0.05) is 0 Å². The predicted molar refractivity (Wildman–Crippen MR) is 95.6 cm³/mol. The summed E-state index contributed by atoms with van der Waals surface area (Å²) in [5.41, 5.74) is 0. The fourth-order valence-corrected chi connectivity index (χ4v) is 2.86. The highest BCUT2D eigenvalue weighted by molar-refractivity contribution is 4.78. The Morgan fingerprint density at radius 3 is 0.900 bits per heavy atom. The number of hydrogen-bond donors (Lipinski definition) is 0. The van der Waals surface area contributed by atoms with Crippen LogP contribution in [0, 0.1) is 36.5 Å². The van der Waals surface area contributed by atoms with Gasteiger partial charge in [-0.05, 0) is 25.7 Å². The van der Waals surface area contributed by atoms with Gasteiger partial charge in [0.1, 0.15) is 0 Å². The third-order valence-corrected chi connectivity index (χ3v) is 3.47. The van der Waals surface area contributed by atoms with Crippen LogP contribution in [0.2, 0.25) is 0 Å². The van der Waals surface area contributed by atoms with Gasteiger partial charge in [0.15, 0.2) is 0 Å². The molecule has 20 heavy (non-hydrogen) atoms. The Labute approximate surface area is 130 Å². The summed E-state index contributed by atoms with van der Waals surface area (Å²) in [5.74, 6) is 6.81. The smallest absolute Gasteiger partial charge is 0.00297 e. The maximum absolute atomic E-state index is 4.60. The summed E-state index contributed by atoms with van der Waals surface area (Å²) < 4.78 is 0. The molecule has 0 N–H and O–H groups in total. The van der Waals surface area contributed by atoms with Gasteiger partial charge >= 0.3 is 0 Å². The van der Waals surface area contributed by atoms with Gasteiger partial charge in [0.2, 0.25) is 0 Å². The summed E-state index contributed by atoms with van der Waals surface area (Å²) in [7, 11) is 0. The van der Waals surface area contributed by atoms with E-state index >= 15 is 0 Å². The van der Waals surface area contributed by atoms with E-state index in [1.165, 1.54) is 25.7 Å². The number of hydrogen-bond acceptors (Lipinski definition) is 0. The van der Waals surface area contributed by atoms with E-state index in [1.807, 2.05) is 27.7 Å². The second kappa shape index (κ2) is 23.2. The van der Waals surface area contributed by atoms with Gasteiger partial charge in [-0.15, -0.1) is 24.7 Å². The van der Waals surface area contributed by atoms with Crippen LogP contribution in [0.3, 0.4) is 0 Å². The first-order chi connectivity index (χ1) is 9.79. The van der Waals surface area contributed by atoms with E-state index in [0.29, 0.717) is 0 Å². The molecule has 2 saturated carbocycles. The van der Waals surface area contributed by atoms with Gasteiger partial charge in [-0.2, -0.15) is 0 Å². The molecule has 0 spiro atoms. The van der Waals surface area contributed by atoms with Crippen molar-refractivity contribution in [2.75, 3.05) is 0 Å². The second-order valence-electron chi connectivity index (χ2n) is 4.67. The number of terminal acetylenes is 2. The summed E-state index contributed by atoms with van der Waals surface area (Å²) >= 11 is 0. The molecule has 2 aliphatic carbocycles. The van der Waals surface area contributed by atoms with E-state index in [4.69, 9.17) is 0 Å². The Morgan fingerprint density at radius 1 is 0.600 bits per heavy atom. The number of fused-ring (bicyclic) bond motifs is 1. The van der Waals surface area contributed by atoms with Crippen molar-refractivity contribution in [1.82, 2.24) is 0 Å².